The standard InChI is InChI=1S/C15H19BrF3N/c1-9-7-14(2,3)8-13(9)20-10-4-5-12(16)11(6-10)15(17,18)19/h4-6,9,13,20H,7-8H2,1-3H3. The zero-order valence-electron chi connectivity index (χ0n) is 11.8. The predicted octanol–water partition coefficient (Wildman–Crippen LogP) is 5.70. The predicted molar refractivity (Wildman–Crippen MR) is 78.7 cm³/mol. The topological polar surface area (TPSA) is 12.0 Å². The summed E-state index contributed by atoms with van der Waals surface area (Å²) >= 11 is 2.96. The Morgan fingerprint density at radius 2 is 1.90 bits per heavy atom. The monoisotopic (exact) mass is 349 g/mol. The van der Waals surface area contributed by atoms with Gasteiger partial charge in [-0.3, -0.25) is 0 Å². The third kappa shape index (κ3) is 3.48. The second-order valence-electron chi connectivity index (χ2n) is 6.49. The number of anilines is 1. The number of hydrogen-bond acceptors (Lipinski definition) is 1. The molecule has 1 aromatic rings. The Hall–Kier alpha value is -0.710. The molecule has 1 fully saturated rings. The van der Waals surface area contributed by atoms with Crippen molar-refractivity contribution in [1.29, 1.82) is 0 Å². The van der Waals surface area contributed by atoms with Gasteiger partial charge in [-0.15, -0.1) is 0 Å². The highest BCUT2D eigenvalue weighted by molar-refractivity contribution is 9.10. The van der Waals surface area contributed by atoms with Gasteiger partial charge in [0, 0.05) is 16.2 Å². The average Bonchev–Trinajstić information content (AvgIpc) is 2.53. The van der Waals surface area contributed by atoms with Gasteiger partial charge in [-0.2, -0.15) is 13.2 Å². The molecule has 2 unspecified atom stereocenters. The molecule has 2 atom stereocenters. The summed E-state index contributed by atoms with van der Waals surface area (Å²) < 4.78 is 38.7. The molecule has 112 valence electrons. The van der Waals surface area contributed by atoms with Crippen molar-refractivity contribution < 1.29 is 13.2 Å². The number of benzene rings is 1. The van der Waals surface area contributed by atoms with Crippen LogP contribution in [0, 0.1) is 11.3 Å². The van der Waals surface area contributed by atoms with Crippen molar-refractivity contribution in [1.82, 2.24) is 0 Å². The van der Waals surface area contributed by atoms with Crippen LogP contribution in [0.2, 0.25) is 0 Å². The molecule has 0 radical (unpaired) electrons. The molecule has 0 heterocycles. The van der Waals surface area contributed by atoms with E-state index < -0.39 is 11.7 Å². The maximum Gasteiger partial charge on any atom is 0.417 e. The van der Waals surface area contributed by atoms with Crippen LogP contribution in [0.1, 0.15) is 39.2 Å². The SMILES string of the molecule is CC1CC(C)(C)CC1Nc1ccc(Br)c(C(F)(F)F)c1. The Bertz CT molecular complexity index is 496. The van der Waals surface area contributed by atoms with Crippen LogP contribution >= 0.6 is 15.9 Å². The van der Waals surface area contributed by atoms with E-state index in [0.717, 1.165) is 12.8 Å². The summed E-state index contributed by atoms with van der Waals surface area (Å²) in [6.45, 7) is 6.55. The molecule has 2 rings (SSSR count). The number of halogens is 4. The maximum atomic E-state index is 12.9. The van der Waals surface area contributed by atoms with Crippen molar-refractivity contribution in [2.75, 3.05) is 5.32 Å². The minimum absolute atomic E-state index is 0.0790. The average molecular weight is 350 g/mol. The van der Waals surface area contributed by atoms with E-state index in [1.54, 1.807) is 6.07 Å². The van der Waals surface area contributed by atoms with E-state index in [-0.39, 0.29) is 15.9 Å². The van der Waals surface area contributed by atoms with E-state index >= 15 is 0 Å². The van der Waals surface area contributed by atoms with Gasteiger partial charge < -0.3 is 5.32 Å². The Morgan fingerprint density at radius 1 is 1.25 bits per heavy atom. The fourth-order valence-corrected chi connectivity index (χ4v) is 3.60. The molecular formula is C15H19BrF3N. The fourth-order valence-electron chi connectivity index (χ4n) is 3.13. The molecular weight excluding hydrogens is 331 g/mol. The van der Waals surface area contributed by atoms with Crippen LogP contribution in [-0.2, 0) is 6.18 Å². The number of nitrogens with one attached hydrogen (secondary N) is 1. The van der Waals surface area contributed by atoms with Gasteiger partial charge in [-0.05, 0) is 42.4 Å². The van der Waals surface area contributed by atoms with Crippen molar-refractivity contribution in [3.63, 3.8) is 0 Å². The summed E-state index contributed by atoms with van der Waals surface area (Å²) in [5.41, 5.74) is 0.154. The Morgan fingerprint density at radius 3 is 2.40 bits per heavy atom. The van der Waals surface area contributed by atoms with Gasteiger partial charge in [0.05, 0.1) is 5.56 Å². The smallest absolute Gasteiger partial charge is 0.382 e. The largest absolute Gasteiger partial charge is 0.417 e. The molecule has 0 aromatic heterocycles. The quantitative estimate of drug-likeness (QED) is 0.721. The lowest BCUT2D eigenvalue weighted by Crippen LogP contribution is -2.22. The molecule has 0 bridgehead atoms. The number of hydrogen-bond donors (Lipinski definition) is 1. The molecule has 0 spiro atoms. The van der Waals surface area contributed by atoms with Gasteiger partial charge in [0.25, 0.3) is 0 Å². The number of rotatable bonds is 2. The van der Waals surface area contributed by atoms with Gasteiger partial charge in [-0.25, -0.2) is 0 Å². The first kappa shape index (κ1) is 15.7. The van der Waals surface area contributed by atoms with Crippen molar-refractivity contribution in [3.8, 4) is 0 Å². The molecule has 0 aliphatic heterocycles. The van der Waals surface area contributed by atoms with Gasteiger partial charge in [-0.1, -0.05) is 36.7 Å². The molecule has 1 N–H and O–H groups in total. The van der Waals surface area contributed by atoms with Crippen LogP contribution in [0.3, 0.4) is 0 Å². The first-order valence-electron chi connectivity index (χ1n) is 6.72. The molecule has 5 heteroatoms. The molecule has 1 aromatic carbocycles. The van der Waals surface area contributed by atoms with E-state index in [9.17, 15) is 13.2 Å². The third-order valence-electron chi connectivity index (χ3n) is 3.96. The highest BCUT2D eigenvalue weighted by atomic mass is 79.9. The number of alkyl halides is 3. The van der Waals surface area contributed by atoms with Crippen molar-refractivity contribution in [2.24, 2.45) is 11.3 Å². The molecule has 0 saturated heterocycles. The normalized spacial score (nSPS) is 25.8. The molecule has 1 nitrogen and oxygen atoms in total. The van der Waals surface area contributed by atoms with Crippen LogP contribution in [0.15, 0.2) is 22.7 Å². The van der Waals surface area contributed by atoms with Crippen molar-refractivity contribution in [2.45, 2.75) is 45.8 Å². The van der Waals surface area contributed by atoms with Gasteiger partial charge in [0.2, 0.25) is 0 Å². The van der Waals surface area contributed by atoms with Crippen LogP contribution in [0.4, 0.5) is 18.9 Å². The van der Waals surface area contributed by atoms with Crippen LogP contribution in [0.5, 0.6) is 0 Å². The van der Waals surface area contributed by atoms with E-state index in [2.05, 4.69) is 42.0 Å². The second kappa shape index (κ2) is 5.24. The summed E-state index contributed by atoms with van der Waals surface area (Å²) in [7, 11) is 0. The lowest BCUT2D eigenvalue weighted by atomic mass is 9.91. The highest BCUT2D eigenvalue weighted by Crippen LogP contribution is 2.43. The summed E-state index contributed by atoms with van der Waals surface area (Å²) in [4.78, 5) is 0. The molecule has 20 heavy (non-hydrogen) atoms. The lowest BCUT2D eigenvalue weighted by Gasteiger charge is -2.21. The first-order chi connectivity index (χ1) is 9.08. The van der Waals surface area contributed by atoms with Crippen LogP contribution in [-0.4, -0.2) is 6.04 Å². The van der Waals surface area contributed by atoms with E-state index in [1.165, 1.54) is 12.1 Å². The van der Waals surface area contributed by atoms with Crippen LogP contribution in [0.25, 0.3) is 0 Å². The molecule has 1 saturated carbocycles. The summed E-state index contributed by atoms with van der Waals surface area (Å²) in [6, 6.07) is 4.56. The minimum atomic E-state index is -4.34. The third-order valence-corrected chi connectivity index (χ3v) is 4.65. The molecule has 1 aliphatic rings. The van der Waals surface area contributed by atoms with Gasteiger partial charge >= 0.3 is 6.18 Å². The lowest BCUT2D eigenvalue weighted by molar-refractivity contribution is -0.138. The second-order valence-corrected chi connectivity index (χ2v) is 7.35. The zero-order chi connectivity index (χ0) is 15.1. The van der Waals surface area contributed by atoms with Gasteiger partial charge in [0.15, 0.2) is 0 Å². The highest BCUT2D eigenvalue weighted by Gasteiger charge is 2.37. The summed E-state index contributed by atoms with van der Waals surface area (Å²) in [5, 5.41) is 3.27. The Labute approximate surface area is 126 Å². The van der Waals surface area contributed by atoms with Crippen LogP contribution < -0.4 is 5.32 Å². The van der Waals surface area contributed by atoms with E-state index in [0.29, 0.717) is 11.6 Å². The molecule has 0 amide bonds. The molecule has 1 aliphatic carbocycles. The Balaban J connectivity index is 2.19. The first-order valence-corrected chi connectivity index (χ1v) is 7.51. The van der Waals surface area contributed by atoms with E-state index in [4.69, 9.17) is 0 Å². The van der Waals surface area contributed by atoms with E-state index in [1.807, 2.05) is 0 Å². The summed E-state index contributed by atoms with van der Waals surface area (Å²) in [6.07, 6.45) is -2.27. The van der Waals surface area contributed by atoms with Gasteiger partial charge in [0.1, 0.15) is 0 Å². The van der Waals surface area contributed by atoms with Crippen molar-refractivity contribution in [3.05, 3.63) is 28.2 Å². The zero-order valence-corrected chi connectivity index (χ0v) is 13.4. The fraction of sp³-hybridized carbons (Fsp3) is 0.600. The summed E-state index contributed by atoms with van der Waals surface area (Å²) in [5.74, 6) is 0.461. The minimum Gasteiger partial charge on any atom is -0.382 e. The van der Waals surface area contributed by atoms with Crippen molar-refractivity contribution >= 4 is 21.6 Å². The Kier molecular flexibility index (Phi) is 4.11. The maximum absolute atomic E-state index is 12.9.